The fraction of sp³-hybridized carbons (Fsp3) is 0.286. The van der Waals surface area contributed by atoms with Gasteiger partial charge in [0.1, 0.15) is 5.84 Å². The SMILES string of the molecule is N=C(N)c1cccc(CN(C(=O)Cc2ccc(-c3ccccc3)c(NS(=O)O)c2)C2CCCCC2)c1. The summed E-state index contributed by atoms with van der Waals surface area (Å²) in [6.07, 6.45) is 5.52. The molecule has 36 heavy (non-hydrogen) atoms. The van der Waals surface area contributed by atoms with Gasteiger partial charge in [-0.1, -0.05) is 79.9 Å². The second-order valence-electron chi connectivity index (χ2n) is 9.20. The molecular weight excluding hydrogens is 472 g/mol. The van der Waals surface area contributed by atoms with Crippen LogP contribution < -0.4 is 10.5 Å². The Morgan fingerprint density at radius 3 is 2.44 bits per heavy atom. The van der Waals surface area contributed by atoms with E-state index in [4.69, 9.17) is 11.1 Å². The summed E-state index contributed by atoms with van der Waals surface area (Å²) in [5.74, 6) is 0.0193. The quantitative estimate of drug-likeness (QED) is 0.184. The van der Waals surface area contributed by atoms with E-state index in [2.05, 4.69) is 4.72 Å². The second kappa shape index (κ2) is 12.0. The topological polar surface area (TPSA) is 120 Å². The Bertz CT molecular complexity index is 1240. The predicted molar refractivity (Wildman–Crippen MR) is 145 cm³/mol. The van der Waals surface area contributed by atoms with Gasteiger partial charge in [-0.25, -0.2) is 4.21 Å². The second-order valence-corrected chi connectivity index (χ2v) is 9.90. The molecule has 1 unspecified atom stereocenters. The molecule has 3 aromatic rings. The molecular formula is C28H32N4O3S. The number of anilines is 1. The molecule has 0 aromatic heterocycles. The van der Waals surface area contributed by atoms with Gasteiger partial charge >= 0.3 is 0 Å². The third-order valence-electron chi connectivity index (χ3n) is 6.65. The number of rotatable bonds is 9. The summed E-state index contributed by atoms with van der Waals surface area (Å²) in [6.45, 7) is 0.457. The largest absolute Gasteiger partial charge is 0.384 e. The number of amides is 1. The molecule has 0 heterocycles. The monoisotopic (exact) mass is 504 g/mol. The normalized spacial score (nSPS) is 14.7. The number of carbonyl (C=O) groups excluding carboxylic acids is 1. The van der Waals surface area contributed by atoms with Crippen LogP contribution in [-0.4, -0.2) is 31.4 Å². The van der Waals surface area contributed by atoms with E-state index in [1.54, 1.807) is 12.1 Å². The van der Waals surface area contributed by atoms with Crippen molar-refractivity contribution < 1.29 is 13.6 Å². The molecule has 7 nitrogen and oxygen atoms in total. The number of nitrogens with one attached hydrogen (secondary N) is 2. The van der Waals surface area contributed by atoms with Crippen molar-refractivity contribution in [2.45, 2.75) is 51.1 Å². The molecule has 3 aromatic carbocycles. The number of nitrogens with zero attached hydrogens (tertiary/aromatic N) is 1. The first-order valence-corrected chi connectivity index (χ1v) is 13.3. The van der Waals surface area contributed by atoms with Crippen LogP contribution in [0.15, 0.2) is 72.8 Å². The number of hydrogen-bond acceptors (Lipinski definition) is 3. The van der Waals surface area contributed by atoms with Crippen LogP contribution in [0.25, 0.3) is 11.1 Å². The number of amidine groups is 1. The highest BCUT2D eigenvalue weighted by molar-refractivity contribution is 7.80. The molecule has 0 spiro atoms. The van der Waals surface area contributed by atoms with Crippen LogP contribution in [0, 0.1) is 5.41 Å². The average molecular weight is 505 g/mol. The van der Waals surface area contributed by atoms with Crippen LogP contribution >= 0.6 is 0 Å². The molecule has 0 saturated heterocycles. The van der Waals surface area contributed by atoms with E-state index >= 15 is 0 Å². The first-order chi connectivity index (χ1) is 17.4. The van der Waals surface area contributed by atoms with Crippen LogP contribution in [0.3, 0.4) is 0 Å². The lowest BCUT2D eigenvalue weighted by atomic mass is 9.93. The zero-order chi connectivity index (χ0) is 25.5. The molecule has 8 heteroatoms. The molecule has 1 aliphatic rings. The van der Waals surface area contributed by atoms with Gasteiger partial charge in [0, 0.05) is 23.7 Å². The van der Waals surface area contributed by atoms with Crippen LogP contribution in [0.2, 0.25) is 0 Å². The van der Waals surface area contributed by atoms with Gasteiger partial charge in [0.2, 0.25) is 5.91 Å². The van der Waals surface area contributed by atoms with Crippen molar-refractivity contribution in [3.05, 3.63) is 89.5 Å². The van der Waals surface area contributed by atoms with Gasteiger partial charge < -0.3 is 10.6 Å². The van der Waals surface area contributed by atoms with Crippen LogP contribution in [0.4, 0.5) is 5.69 Å². The molecule has 4 rings (SSSR count). The number of benzene rings is 3. The van der Waals surface area contributed by atoms with Crippen molar-refractivity contribution in [1.82, 2.24) is 4.90 Å². The summed E-state index contributed by atoms with van der Waals surface area (Å²) in [4.78, 5) is 15.6. The molecule has 1 fully saturated rings. The maximum absolute atomic E-state index is 13.7. The third kappa shape index (κ3) is 6.59. The maximum Gasteiger partial charge on any atom is 0.259 e. The van der Waals surface area contributed by atoms with Crippen molar-refractivity contribution in [2.24, 2.45) is 5.73 Å². The van der Waals surface area contributed by atoms with E-state index in [-0.39, 0.29) is 24.2 Å². The standard InChI is InChI=1S/C28H32N4O3S/c29-28(30)23-11-7-8-21(16-23)19-32(24-12-5-2-6-13-24)27(33)18-20-14-15-25(22-9-3-1-4-10-22)26(17-20)31-36(34)35/h1,3-4,7-11,14-17,24,31H,2,5-6,12-13,18-19H2,(H3,29,30)(H,34,35). The summed E-state index contributed by atoms with van der Waals surface area (Å²) in [7, 11) is 0. The molecule has 0 aliphatic heterocycles. The molecule has 0 bridgehead atoms. The van der Waals surface area contributed by atoms with Crippen molar-refractivity contribution in [1.29, 1.82) is 5.41 Å². The van der Waals surface area contributed by atoms with Gasteiger partial charge in [-0.05, 0) is 41.7 Å². The lowest BCUT2D eigenvalue weighted by Gasteiger charge is -2.35. The molecule has 1 amide bonds. The first-order valence-electron chi connectivity index (χ1n) is 12.2. The van der Waals surface area contributed by atoms with Gasteiger partial charge in [-0.2, -0.15) is 0 Å². The first kappa shape index (κ1) is 25.6. The molecule has 1 aliphatic carbocycles. The number of nitrogens with two attached hydrogens (primary N) is 1. The Balaban J connectivity index is 1.60. The number of hydrogen-bond donors (Lipinski definition) is 4. The fourth-order valence-electron chi connectivity index (χ4n) is 4.87. The molecule has 1 saturated carbocycles. The van der Waals surface area contributed by atoms with E-state index in [0.717, 1.165) is 47.9 Å². The van der Waals surface area contributed by atoms with Crippen LogP contribution in [0.1, 0.15) is 48.8 Å². The van der Waals surface area contributed by atoms with Crippen molar-refractivity contribution in [2.75, 3.05) is 4.72 Å². The Labute approximate surface area is 214 Å². The van der Waals surface area contributed by atoms with Gasteiger partial charge in [-0.15, -0.1) is 0 Å². The van der Waals surface area contributed by atoms with Crippen molar-refractivity contribution in [3.8, 4) is 11.1 Å². The summed E-state index contributed by atoms with van der Waals surface area (Å²) in [6, 6.07) is 22.8. The van der Waals surface area contributed by atoms with Crippen molar-refractivity contribution in [3.63, 3.8) is 0 Å². The van der Waals surface area contributed by atoms with E-state index in [1.807, 2.05) is 65.6 Å². The predicted octanol–water partition coefficient (Wildman–Crippen LogP) is 5.09. The van der Waals surface area contributed by atoms with E-state index in [9.17, 15) is 13.6 Å². The van der Waals surface area contributed by atoms with E-state index < -0.39 is 11.3 Å². The van der Waals surface area contributed by atoms with Gasteiger partial charge in [-0.3, -0.25) is 19.5 Å². The van der Waals surface area contributed by atoms with Gasteiger partial charge in [0.25, 0.3) is 11.3 Å². The lowest BCUT2D eigenvalue weighted by Crippen LogP contribution is -2.41. The Morgan fingerprint density at radius 1 is 1.00 bits per heavy atom. The lowest BCUT2D eigenvalue weighted by molar-refractivity contribution is -0.134. The Kier molecular flexibility index (Phi) is 8.51. The minimum absolute atomic E-state index is 0.00667. The Hall–Kier alpha value is -3.49. The summed E-state index contributed by atoms with van der Waals surface area (Å²) in [5.41, 5.74) is 10.2. The van der Waals surface area contributed by atoms with Crippen LogP contribution in [-0.2, 0) is 29.0 Å². The highest BCUT2D eigenvalue weighted by Crippen LogP contribution is 2.30. The smallest absolute Gasteiger partial charge is 0.259 e. The zero-order valence-corrected chi connectivity index (χ0v) is 21.0. The minimum atomic E-state index is -2.24. The number of nitrogen functional groups attached to an aromatic ring is 1. The minimum Gasteiger partial charge on any atom is -0.384 e. The molecule has 1 atom stereocenters. The molecule has 188 valence electrons. The van der Waals surface area contributed by atoms with Crippen molar-refractivity contribution >= 4 is 28.7 Å². The fourth-order valence-corrected chi connectivity index (χ4v) is 5.23. The highest BCUT2D eigenvalue weighted by atomic mass is 32.2. The highest BCUT2D eigenvalue weighted by Gasteiger charge is 2.26. The summed E-state index contributed by atoms with van der Waals surface area (Å²) < 4.78 is 23.7. The van der Waals surface area contributed by atoms with Gasteiger partial charge in [0.15, 0.2) is 0 Å². The third-order valence-corrected chi connectivity index (χ3v) is 7.04. The average Bonchev–Trinajstić information content (AvgIpc) is 2.88. The van der Waals surface area contributed by atoms with E-state index in [1.165, 1.54) is 6.42 Å². The van der Waals surface area contributed by atoms with Gasteiger partial charge in [0.05, 0.1) is 12.1 Å². The van der Waals surface area contributed by atoms with Crippen LogP contribution in [0.5, 0.6) is 0 Å². The zero-order valence-electron chi connectivity index (χ0n) is 20.2. The van der Waals surface area contributed by atoms with E-state index in [0.29, 0.717) is 17.8 Å². The summed E-state index contributed by atoms with van der Waals surface area (Å²) >= 11 is -2.24. The molecule has 0 radical (unpaired) electrons. The molecule has 5 N–H and O–H groups in total. The number of carbonyl (C=O) groups is 1. The maximum atomic E-state index is 13.7. The summed E-state index contributed by atoms with van der Waals surface area (Å²) in [5, 5.41) is 7.74. The Morgan fingerprint density at radius 2 is 1.75 bits per heavy atom.